The number of carbonyl (C=O) groups excluding carboxylic acids is 1. The van der Waals surface area contributed by atoms with Crippen LogP contribution in [0.2, 0.25) is 0 Å². The molecule has 4 aromatic rings. The van der Waals surface area contributed by atoms with Crippen molar-refractivity contribution in [1.82, 2.24) is 15.5 Å². The molecule has 0 unspecified atom stereocenters. The Morgan fingerprint density at radius 3 is 2.41 bits per heavy atom. The first-order valence-corrected chi connectivity index (χ1v) is 10.9. The van der Waals surface area contributed by atoms with E-state index in [0.29, 0.717) is 41.1 Å². The van der Waals surface area contributed by atoms with Crippen molar-refractivity contribution in [1.29, 1.82) is 0 Å². The predicted molar refractivity (Wildman–Crippen MR) is 119 cm³/mol. The summed E-state index contributed by atoms with van der Waals surface area (Å²) in [6.45, 7) is 2.14. The fourth-order valence-electron chi connectivity index (χ4n) is 2.91. The number of amides is 1. The van der Waals surface area contributed by atoms with Crippen LogP contribution < -0.4 is 10.1 Å². The number of benzene rings is 3. The van der Waals surface area contributed by atoms with E-state index >= 15 is 0 Å². The van der Waals surface area contributed by atoms with Gasteiger partial charge in [-0.3, -0.25) is 4.79 Å². The van der Waals surface area contributed by atoms with Crippen LogP contribution in [0.15, 0.2) is 82.2 Å². The van der Waals surface area contributed by atoms with Crippen molar-refractivity contribution >= 4 is 17.7 Å². The van der Waals surface area contributed by atoms with Gasteiger partial charge in [0, 0.05) is 11.4 Å². The van der Waals surface area contributed by atoms with Crippen LogP contribution in [0, 0.1) is 12.7 Å². The largest absolute Gasteiger partial charge is 0.457 e. The highest BCUT2D eigenvalue weighted by molar-refractivity contribution is 7.98. The van der Waals surface area contributed by atoms with Crippen LogP contribution in [-0.4, -0.2) is 16.0 Å². The molecule has 1 amide bonds. The van der Waals surface area contributed by atoms with Crippen LogP contribution >= 0.6 is 11.8 Å². The topological polar surface area (TPSA) is 77.2 Å². The summed E-state index contributed by atoms with van der Waals surface area (Å²) in [5.74, 6) is 2.30. The third kappa shape index (κ3) is 5.73. The van der Waals surface area contributed by atoms with Crippen molar-refractivity contribution in [2.45, 2.75) is 24.1 Å². The number of aromatic nitrogens is 2. The van der Waals surface area contributed by atoms with Gasteiger partial charge in [-0.05, 0) is 61.0 Å². The quantitative estimate of drug-likeness (QED) is 0.356. The van der Waals surface area contributed by atoms with E-state index in [1.165, 1.54) is 23.9 Å². The molecule has 6 nitrogen and oxygen atoms in total. The molecule has 0 atom stereocenters. The predicted octanol–water partition coefficient (Wildman–Crippen LogP) is 5.53. The Kier molecular flexibility index (Phi) is 6.81. The third-order valence-corrected chi connectivity index (χ3v) is 5.54. The van der Waals surface area contributed by atoms with Gasteiger partial charge in [0.1, 0.15) is 17.3 Å². The second-order valence-electron chi connectivity index (χ2n) is 6.90. The Bertz CT molecular complexity index is 1190. The van der Waals surface area contributed by atoms with E-state index in [1.54, 1.807) is 37.3 Å². The van der Waals surface area contributed by atoms with E-state index in [-0.39, 0.29) is 11.7 Å². The van der Waals surface area contributed by atoms with E-state index in [4.69, 9.17) is 9.26 Å². The SMILES string of the molecule is Cc1noc(CSc2ccccc2C(=O)NCc2ccc(Oc3ccc(F)cc3)cc2)n1. The fraction of sp³-hybridized carbons (Fsp3) is 0.125. The number of carbonyl (C=O) groups is 1. The van der Waals surface area contributed by atoms with Crippen LogP contribution in [-0.2, 0) is 12.3 Å². The Hall–Kier alpha value is -3.65. The van der Waals surface area contributed by atoms with Gasteiger partial charge in [-0.15, -0.1) is 11.8 Å². The zero-order valence-electron chi connectivity index (χ0n) is 17.2. The van der Waals surface area contributed by atoms with Gasteiger partial charge in [-0.1, -0.05) is 29.4 Å². The van der Waals surface area contributed by atoms with E-state index in [9.17, 15) is 9.18 Å². The van der Waals surface area contributed by atoms with Crippen LogP contribution in [0.5, 0.6) is 11.5 Å². The zero-order valence-corrected chi connectivity index (χ0v) is 18.1. The summed E-state index contributed by atoms with van der Waals surface area (Å²) in [4.78, 5) is 17.8. The van der Waals surface area contributed by atoms with Crippen LogP contribution in [0.25, 0.3) is 0 Å². The molecule has 8 heteroatoms. The Labute approximate surface area is 188 Å². The molecular weight excluding hydrogens is 429 g/mol. The van der Waals surface area contributed by atoms with Crippen molar-refractivity contribution in [2.75, 3.05) is 0 Å². The van der Waals surface area contributed by atoms with E-state index < -0.39 is 0 Å². The van der Waals surface area contributed by atoms with Crippen LogP contribution in [0.4, 0.5) is 4.39 Å². The number of thioether (sulfide) groups is 1. The van der Waals surface area contributed by atoms with Crippen molar-refractivity contribution in [3.63, 3.8) is 0 Å². The highest BCUT2D eigenvalue weighted by atomic mass is 32.2. The maximum absolute atomic E-state index is 13.0. The number of halogens is 1. The van der Waals surface area contributed by atoms with Crippen molar-refractivity contribution < 1.29 is 18.4 Å². The molecule has 0 aliphatic heterocycles. The molecule has 32 heavy (non-hydrogen) atoms. The maximum Gasteiger partial charge on any atom is 0.252 e. The average molecular weight is 450 g/mol. The van der Waals surface area contributed by atoms with E-state index in [2.05, 4.69) is 15.5 Å². The summed E-state index contributed by atoms with van der Waals surface area (Å²) in [7, 11) is 0. The zero-order chi connectivity index (χ0) is 22.3. The van der Waals surface area contributed by atoms with Gasteiger partial charge in [-0.25, -0.2) is 4.39 Å². The number of rotatable bonds is 8. The number of aryl methyl sites for hydroxylation is 1. The molecular formula is C24H20FN3O3S. The second kappa shape index (κ2) is 10.1. The lowest BCUT2D eigenvalue weighted by Crippen LogP contribution is -2.23. The monoisotopic (exact) mass is 449 g/mol. The Morgan fingerprint density at radius 2 is 1.72 bits per heavy atom. The maximum atomic E-state index is 13.0. The highest BCUT2D eigenvalue weighted by Crippen LogP contribution is 2.26. The minimum absolute atomic E-state index is 0.165. The molecule has 0 spiro atoms. The van der Waals surface area contributed by atoms with Gasteiger partial charge in [0.25, 0.3) is 5.91 Å². The molecule has 4 rings (SSSR count). The first-order chi connectivity index (χ1) is 15.6. The van der Waals surface area contributed by atoms with E-state index in [0.717, 1.165) is 10.5 Å². The molecule has 0 saturated carbocycles. The molecule has 0 radical (unpaired) electrons. The van der Waals surface area contributed by atoms with Crippen molar-refractivity contribution in [3.8, 4) is 11.5 Å². The summed E-state index contributed by atoms with van der Waals surface area (Å²) >= 11 is 1.47. The van der Waals surface area contributed by atoms with Crippen LogP contribution in [0.3, 0.4) is 0 Å². The number of hydrogen-bond donors (Lipinski definition) is 1. The fourth-order valence-corrected chi connectivity index (χ4v) is 3.80. The molecule has 0 fully saturated rings. The summed E-state index contributed by atoms with van der Waals surface area (Å²) < 4.78 is 23.8. The molecule has 3 aromatic carbocycles. The normalized spacial score (nSPS) is 10.7. The summed E-state index contributed by atoms with van der Waals surface area (Å²) in [6.07, 6.45) is 0. The number of ether oxygens (including phenoxy) is 1. The number of nitrogens with one attached hydrogen (secondary N) is 1. The lowest BCUT2D eigenvalue weighted by Gasteiger charge is -2.10. The standard InChI is InChI=1S/C24H20FN3O3S/c1-16-27-23(31-28-16)15-32-22-5-3-2-4-21(22)24(29)26-14-17-6-10-19(11-7-17)30-20-12-8-18(25)9-13-20/h2-13H,14-15H2,1H3,(H,26,29). The van der Waals surface area contributed by atoms with Gasteiger partial charge >= 0.3 is 0 Å². The molecule has 0 aliphatic rings. The second-order valence-corrected chi connectivity index (χ2v) is 7.92. The third-order valence-electron chi connectivity index (χ3n) is 4.48. The Balaban J connectivity index is 1.34. The minimum Gasteiger partial charge on any atom is -0.457 e. The smallest absolute Gasteiger partial charge is 0.252 e. The lowest BCUT2D eigenvalue weighted by atomic mass is 10.2. The first-order valence-electron chi connectivity index (χ1n) is 9.88. The molecule has 1 aromatic heterocycles. The lowest BCUT2D eigenvalue weighted by molar-refractivity contribution is 0.0948. The minimum atomic E-state index is -0.312. The summed E-state index contributed by atoms with van der Waals surface area (Å²) in [5.41, 5.74) is 1.52. The molecule has 0 bridgehead atoms. The van der Waals surface area contributed by atoms with E-state index in [1.807, 2.05) is 30.3 Å². The number of hydrogen-bond acceptors (Lipinski definition) is 6. The molecule has 0 saturated heterocycles. The average Bonchev–Trinajstić information content (AvgIpc) is 3.24. The Morgan fingerprint density at radius 1 is 1.03 bits per heavy atom. The van der Waals surface area contributed by atoms with Gasteiger partial charge in [0.2, 0.25) is 5.89 Å². The van der Waals surface area contributed by atoms with Crippen molar-refractivity contribution in [3.05, 3.63) is 101 Å². The molecule has 0 aliphatic carbocycles. The van der Waals surface area contributed by atoms with Gasteiger partial charge in [0.05, 0.1) is 11.3 Å². The van der Waals surface area contributed by atoms with Gasteiger partial charge in [-0.2, -0.15) is 4.98 Å². The van der Waals surface area contributed by atoms with Gasteiger partial charge in [0.15, 0.2) is 5.82 Å². The van der Waals surface area contributed by atoms with Crippen LogP contribution in [0.1, 0.15) is 27.6 Å². The molecule has 162 valence electrons. The highest BCUT2D eigenvalue weighted by Gasteiger charge is 2.13. The molecule has 1 N–H and O–H groups in total. The summed E-state index contributed by atoms with van der Waals surface area (Å²) in [5, 5.41) is 6.73. The van der Waals surface area contributed by atoms with Gasteiger partial charge < -0.3 is 14.6 Å². The first kappa shape index (κ1) is 21.6. The number of nitrogens with zero attached hydrogens (tertiary/aromatic N) is 2. The molecule has 1 heterocycles. The van der Waals surface area contributed by atoms with Crippen molar-refractivity contribution in [2.24, 2.45) is 0 Å². The summed E-state index contributed by atoms with van der Waals surface area (Å²) in [6, 6.07) is 20.6.